The topological polar surface area (TPSA) is 237 Å². The third kappa shape index (κ3) is 64.5. The summed E-state index contributed by atoms with van der Waals surface area (Å²) in [5, 5.41) is 10.6. The van der Waals surface area contributed by atoms with Crippen molar-refractivity contribution in [2.24, 2.45) is 23.7 Å². The molecule has 19 heteroatoms. The number of carbonyl (C=O) groups is 4. The third-order valence-corrected chi connectivity index (χ3v) is 20.1. The van der Waals surface area contributed by atoms with Crippen molar-refractivity contribution in [2.75, 3.05) is 39.6 Å². The second-order valence-electron chi connectivity index (χ2n) is 27.9. The summed E-state index contributed by atoms with van der Waals surface area (Å²) in [4.78, 5) is 72.7. The van der Waals surface area contributed by atoms with Gasteiger partial charge in [-0.2, -0.15) is 0 Å². The first-order valence-corrected chi connectivity index (χ1v) is 41.3. The van der Waals surface area contributed by atoms with Crippen molar-refractivity contribution in [1.82, 2.24) is 0 Å². The minimum absolute atomic E-state index is 0.105. The van der Waals surface area contributed by atoms with Gasteiger partial charge in [-0.3, -0.25) is 37.3 Å². The molecule has 0 amide bonds. The Bertz CT molecular complexity index is 1840. The Hall–Kier alpha value is -1.94. The number of ether oxygens (including phenoxy) is 4. The first-order valence-electron chi connectivity index (χ1n) is 38.3. The number of hydrogen-bond acceptors (Lipinski definition) is 15. The van der Waals surface area contributed by atoms with Gasteiger partial charge in [0, 0.05) is 25.7 Å². The van der Waals surface area contributed by atoms with Crippen LogP contribution < -0.4 is 0 Å². The monoisotopic (exact) mass is 1370 g/mol. The maximum absolute atomic E-state index is 13.1. The molecule has 0 aliphatic rings. The van der Waals surface area contributed by atoms with E-state index in [0.29, 0.717) is 25.7 Å². The van der Waals surface area contributed by atoms with Crippen LogP contribution in [0.15, 0.2) is 0 Å². The van der Waals surface area contributed by atoms with E-state index in [2.05, 4.69) is 55.4 Å². The Balaban J connectivity index is 5.26. The van der Waals surface area contributed by atoms with Gasteiger partial charge in [-0.25, -0.2) is 9.13 Å². The lowest BCUT2D eigenvalue weighted by atomic mass is 9.99. The largest absolute Gasteiger partial charge is 0.472 e. The van der Waals surface area contributed by atoms with Crippen LogP contribution in [-0.2, 0) is 65.4 Å². The molecule has 0 saturated carbocycles. The van der Waals surface area contributed by atoms with Crippen LogP contribution in [0.4, 0.5) is 0 Å². The molecule has 0 spiro atoms. The summed E-state index contributed by atoms with van der Waals surface area (Å²) in [7, 11) is -9.91. The second-order valence-corrected chi connectivity index (χ2v) is 30.8. The van der Waals surface area contributed by atoms with E-state index in [1.807, 2.05) is 0 Å². The van der Waals surface area contributed by atoms with Crippen molar-refractivity contribution in [3.8, 4) is 0 Å². The number of rotatable bonds is 71. The van der Waals surface area contributed by atoms with E-state index in [1.165, 1.54) is 167 Å². The van der Waals surface area contributed by atoms with Gasteiger partial charge in [0.15, 0.2) is 12.2 Å². The Kier molecular flexibility index (Phi) is 62.2. The highest BCUT2D eigenvalue weighted by atomic mass is 31.2. The first-order chi connectivity index (χ1) is 44.7. The second kappa shape index (κ2) is 63.5. The standard InChI is InChI=1S/C74H144O17P2/c1-9-65(6)51-43-35-27-21-18-19-23-31-41-49-57-74(79)90-69(60-84-71(76)54-46-38-29-25-24-28-36-44-52-66(7)10-2)62-88-92(80,81)86-58-68(75)59-87-93(82,83)89-63-70(61-85-72(77)55-47-39-33-32-37-45-53-67(8)11-3)91-73(78)56-48-40-30-22-17-15-13-12-14-16-20-26-34-42-50-64(4)5/h64-70,75H,9-63H2,1-8H3,(H,80,81)(H,82,83)/t65?,66?,67?,68-,69-,70-/m1/s1. The average molecular weight is 1370 g/mol. The lowest BCUT2D eigenvalue weighted by molar-refractivity contribution is -0.161. The summed E-state index contributed by atoms with van der Waals surface area (Å²) in [5.74, 6) is 0.982. The SMILES string of the molecule is CCC(C)CCCCCCCCCCCCC(=O)O[C@H](COC(=O)CCCCCCCCCCC(C)CC)COP(=O)(O)OC[C@@H](O)COP(=O)(O)OC[C@@H](COC(=O)CCCCCCCCC(C)CC)OC(=O)CCCCCCCCCCCCCCCCC(C)C. The van der Waals surface area contributed by atoms with Gasteiger partial charge in [0.1, 0.15) is 19.3 Å². The van der Waals surface area contributed by atoms with E-state index >= 15 is 0 Å². The Morgan fingerprint density at radius 2 is 0.516 bits per heavy atom. The van der Waals surface area contributed by atoms with Gasteiger partial charge in [0.05, 0.1) is 26.4 Å². The summed E-state index contributed by atoms with van der Waals surface area (Å²) >= 11 is 0. The lowest BCUT2D eigenvalue weighted by Gasteiger charge is -2.21. The summed E-state index contributed by atoms with van der Waals surface area (Å²) in [6.07, 6.45) is 47.0. The predicted octanol–water partition coefficient (Wildman–Crippen LogP) is 21.3. The molecule has 0 saturated heterocycles. The van der Waals surface area contributed by atoms with Gasteiger partial charge in [-0.05, 0) is 49.4 Å². The van der Waals surface area contributed by atoms with Crippen molar-refractivity contribution >= 4 is 39.5 Å². The van der Waals surface area contributed by atoms with Gasteiger partial charge in [-0.1, -0.05) is 319 Å². The molecule has 17 nitrogen and oxygen atoms in total. The molecular formula is C74H144O17P2. The molecule has 93 heavy (non-hydrogen) atoms. The number of phosphoric acid groups is 2. The average Bonchev–Trinajstić information content (AvgIpc) is 2.62. The number of aliphatic hydroxyl groups excluding tert-OH is 1. The molecule has 0 aliphatic heterocycles. The molecular weight excluding hydrogens is 1220 g/mol. The summed E-state index contributed by atoms with van der Waals surface area (Å²) in [5.41, 5.74) is 0. The summed E-state index contributed by atoms with van der Waals surface area (Å²) in [6, 6.07) is 0. The molecule has 0 rings (SSSR count). The van der Waals surface area contributed by atoms with Gasteiger partial charge >= 0.3 is 39.5 Å². The van der Waals surface area contributed by atoms with Crippen LogP contribution in [0.2, 0.25) is 0 Å². The smallest absolute Gasteiger partial charge is 0.462 e. The minimum Gasteiger partial charge on any atom is -0.462 e. The number of hydrogen-bond donors (Lipinski definition) is 3. The molecule has 8 atom stereocenters. The maximum Gasteiger partial charge on any atom is 0.472 e. The number of unbranched alkanes of at least 4 members (excludes halogenated alkanes) is 34. The van der Waals surface area contributed by atoms with Crippen molar-refractivity contribution in [3.63, 3.8) is 0 Å². The highest BCUT2D eigenvalue weighted by Gasteiger charge is 2.30. The predicted molar refractivity (Wildman–Crippen MR) is 377 cm³/mol. The molecule has 0 radical (unpaired) electrons. The van der Waals surface area contributed by atoms with E-state index in [9.17, 15) is 43.2 Å². The maximum atomic E-state index is 13.1. The molecule has 5 unspecified atom stereocenters. The molecule has 552 valence electrons. The van der Waals surface area contributed by atoms with Crippen LogP contribution >= 0.6 is 15.6 Å². The lowest BCUT2D eigenvalue weighted by Crippen LogP contribution is -2.30. The zero-order valence-electron chi connectivity index (χ0n) is 60.9. The minimum atomic E-state index is -4.96. The Morgan fingerprint density at radius 3 is 0.763 bits per heavy atom. The van der Waals surface area contributed by atoms with Crippen LogP contribution in [0.1, 0.15) is 370 Å². The van der Waals surface area contributed by atoms with Crippen LogP contribution in [0.3, 0.4) is 0 Å². The van der Waals surface area contributed by atoms with Crippen LogP contribution in [0.25, 0.3) is 0 Å². The number of phosphoric ester groups is 2. The third-order valence-electron chi connectivity index (χ3n) is 18.2. The van der Waals surface area contributed by atoms with Crippen molar-refractivity contribution < 1.29 is 80.2 Å². The number of esters is 4. The van der Waals surface area contributed by atoms with Crippen LogP contribution in [0, 0.1) is 23.7 Å². The van der Waals surface area contributed by atoms with Gasteiger partial charge in [0.2, 0.25) is 0 Å². The first kappa shape index (κ1) is 91.1. The fourth-order valence-corrected chi connectivity index (χ4v) is 12.7. The van der Waals surface area contributed by atoms with E-state index in [1.54, 1.807) is 0 Å². The van der Waals surface area contributed by atoms with E-state index in [0.717, 1.165) is 120 Å². The van der Waals surface area contributed by atoms with Gasteiger partial charge < -0.3 is 33.8 Å². The van der Waals surface area contributed by atoms with E-state index < -0.39 is 97.5 Å². The molecule has 0 bridgehead atoms. The van der Waals surface area contributed by atoms with Crippen molar-refractivity contribution in [1.29, 1.82) is 0 Å². The molecule has 0 aromatic heterocycles. The Morgan fingerprint density at radius 1 is 0.301 bits per heavy atom. The zero-order valence-corrected chi connectivity index (χ0v) is 62.7. The van der Waals surface area contributed by atoms with E-state index in [4.69, 9.17) is 37.0 Å². The molecule has 0 fully saturated rings. The summed E-state index contributed by atoms with van der Waals surface area (Å²) in [6.45, 7) is 14.2. The van der Waals surface area contributed by atoms with Gasteiger partial charge in [-0.15, -0.1) is 0 Å². The van der Waals surface area contributed by atoms with Crippen LogP contribution in [-0.4, -0.2) is 96.7 Å². The quantitative estimate of drug-likeness (QED) is 0.0222. The van der Waals surface area contributed by atoms with Crippen molar-refractivity contribution in [2.45, 2.75) is 388 Å². The molecule has 0 aromatic rings. The molecule has 0 aliphatic carbocycles. The summed E-state index contributed by atoms with van der Waals surface area (Å²) < 4.78 is 68.5. The number of aliphatic hydroxyl groups is 1. The highest BCUT2D eigenvalue weighted by molar-refractivity contribution is 7.47. The molecule has 0 aromatic carbocycles. The molecule has 3 N–H and O–H groups in total. The zero-order chi connectivity index (χ0) is 68.9. The van der Waals surface area contributed by atoms with Crippen LogP contribution in [0.5, 0.6) is 0 Å². The van der Waals surface area contributed by atoms with Gasteiger partial charge in [0.25, 0.3) is 0 Å². The Labute approximate surface area is 568 Å². The van der Waals surface area contributed by atoms with Crippen molar-refractivity contribution in [3.05, 3.63) is 0 Å². The molecule has 0 heterocycles. The highest BCUT2D eigenvalue weighted by Crippen LogP contribution is 2.45. The normalized spacial score (nSPS) is 15.1. The fraction of sp³-hybridized carbons (Fsp3) is 0.946. The fourth-order valence-electron chi connectivity index (χ4n) is 11.1. The van der Waals surface area contributed by atoms with E-state index in [-0.39, 0.29) is 25.7 Å². The number of carbonyl (C=O) groups excluding carboxylic acids is 4.